The summed E-state index contributed by atoms with van der Waals surface area (Å²) in [6.45, 7) is 1.97. The van der Waals surface area contributed by atoms with Crippen LogP contribution in [-0.2, 0) is 0 Å². The van der Waals surface area contributed by atoms with Gasteiger partial charge in [0.25, 0.3) is 0 Å². The maximum Gasteiger partial charge on any atom is 0.140 e. The number of ether oxygens (including phenoxy) is 1. The molecule has 0 radical (unpaired) electrons. The molecule has 0 saturated carbocycles. The monoisotopic (exact) mass is 240 g/mol. The van der Waals surface area contributed by atoms with Crippen LogP contribution >= 0.6 is 15.9 Å². The average Bonchev–Trinajstić information content (AvgIpc) is 2.16. The van der Waals surface area contributed by atoms with Crippen molar-refractivity contribution in [3.05, 3.63) is 23.5 Å². The SMILES string of the molecule is COc1cc(C(C)Br)ncc1C#N. The van der Waals surface area contributed by atoms with Crippen LogP contribution in [0, 0.1) is 11.3 Å². The largest absolute Gasteiger partial charge is 0.495 e. The zero-order chi connectivity index (χ0) is 9.84. The fraction of sp³-hybridized carbons (Fsp3) is 0.333. The molecule has 3 nitrogen and oxygen atoms in total. The summed E-state index contributed by atoms with van der Waals surface area (Å²) < 4.78 is 5.04. The Kier molecular flexibility index (Phi) is 3.26. The quantitative estimate of drug-likeness (QED) is 0.747. The number of methoxy groups -OCH3 is 1. The van der Waals surface area contributed by atoms with Crippen molar-refractivity contribution in [1.29, 1.82) is 5.26 Å². The van der Waals surface area contributed by atoms with Crippen molar-refractivity contribution in [2.24, 2.45) is 0 Å². The lowest BCUT2D eigenvalue weighted by Gasteiger charge is -2.06. The van der Waals surface area contributed by atoms with Crippen LogP contribution in [0.15, 0.2) is 12.3 Å². The first-order valence-electron chi connectivity index (χ1n) is 3.77. The third-order valence-electron chi connectivity index (χ3n) is 1.64. The Morgan fingerprint density at radius 2 is 2.38 bits per heavy atom. The maximum absolute atomic E-state index is 8.70. The Morgan fingerprint density at radius 1 is 1.69 bits per heavy atom. The van der Waals surface area contributed by atoms with Crippen LogP contribution in [0.2, 0.25) is 0 Å². The third-order valence-corrected chi connectivity index (χ3v) is 2.10. The van der Waals surface area contributed by atoms with E-state index in [1.807, 2.05) is 13.0 Å². The highest BCUT2D eigenvalue weighted by Gasteiger charge is 2.07. The molecule has 4 heteroatoms. The van der Waals surface area contributed by atoms with E-state index in [4.69, 9.17) is 10.00 Å². The van der Waals surface area contributed by atoms with Crippen LogP contribution < -0.4 is 4.74 Å². The second kappa shape index (κ2) is 4.24. The van der Waals surface area contributed by atoms with Gasteiger partial charge >= 0.3 is 0 Å². The van der Waals surface area contributed by atoms with Crippen LogP contribution in [0.5, 0.6) is 5.75 Å². The topological polar surface area (TPSA) is 45.9 Å². The van der Waals surface area contributed by atoms with Gasteiger partial charge in [0, 0.05) is 12.3 Å². The molecule has 1 aromatic heterocycles. The summed E-state index contributed by atoms with van der Waals surface area (Å²) in [4.78, 5) is 4.27. The minimum atomic E-state index is 0.161. The highest BCUT2D eigenvalue weighted by Crippen LogP contribution is 2.25. The van der Waals surface area contributed by atoms with Gasteiger partial charge in [-0.15, -0.1) is 0 Å². The number of nitrogens with zero attached hydrogens (tertiary/aromatic N) is 2. The van der Waals surface area contributed by atoms with Crippen molar-refractivity contribution in [3.63, 3.8) is 0 Å². The molecule has 1 heterocycles. The molecule has 1 aromatic rings. The predicted molar refractivity (Wildman–Crippen MR) is 52.8 cm³/mol. The lowest BCUT2D eigenvalue weighted by atomic mass is 10.2. The van der Waals surface area contributed by atoms with Crippen molar-refractivity contribution in [2.45, 2.75) is 11.8 Å². The number of alkyl halides is 1. The predicted octanol–water partition coefficient (Wildman–Crippen LogP) is 2.42. The number of halogens is 1. The molecule has 0 aliphatic heterocycles. The van der Waals surface area contributed by atoms with Gasteiger partial charge in [-0.05, 0) is 6.92 Å². The van der Waals surface area contributed by atoms with Gasteiger partial charge in [-0.3, -0.25) is 4.98 Å². The van der Waals surface area contributed by atoms with Crippen LogP contribution in [0.4, 0.5) is 0 Å². The second-order valence-electron chi connectivity index (χ2n) is 2.54. The van der Waals surface area contributed by atoms with Crippen molar-refractivity contribution in [1.82, 2.24) is 4.98 Å². The highest BCUT2D eigenvalue weighted by atomic mass is 79.9. The number of hydrogen-bond acceptors (Lipinski definition) is 3. The zero-order valence-electron chi connectivity index (χ0n) is 7.41. The first-order valence-corrected chi connectivity index (χ1v) is 4.68. The molecule has 13 heavy (non-hydrogen) atoms. The van der Waals surface area contributed by atoms with Gasteiger partial charge in [0.1, 0.15) is 17.4 Å². The van der Waals surface area contributed by atoms with E-state index in [0.717, 1.165) is 5.69 Å². The fourth-order valence-corrected chi connectivity index (χ4v) is 1.17. The molecule has 0 amide bonds. The van der Waals surface area contributed by atoms with Gasteiger partial charge in [0.15, 0.2) is 0 Å². The first-order chi connectivity index (χ1) is 6.19. The standard InChI is InChI=1S/C9H9BrN2O/c1-6(10)8-3-9(13-2)7(4-11)5-12-8/h3,5-6H,1-2H3. The van der Waals surface area contributed by atoms with Gasteiger partial charge in [-0.2, -0.15) is 5.26 Å². The molecule has 0 saturated heterocycles. The van der Waals surface area contributed by atoms with Gasteiger partial charge in [0.2, 0.25) is 0 Å². The number of nitriles is 1. The summed E-state index contributed by atoms with van der Waals surface area (Å²) in [6.07, 6.45) is 1.52. The molecule has 0 aromatic carbocycles. The van der Waals surface area contributed by atoms with Gasteiger partial charge in [-0.1, -0.05) is 15.9 Å². The van der Waals surface area contributed by atoms with Crippen molar-refractivity contribution in [3.8, 4) is 11.8 Å². The van der Waals surface area contributed by atoms with E-state index in [1.165, 1.54) is 6.20 Å². The molecule has 0 fully saturated rings. The Bertz CT molecular complexity index is 344. The molecule has 0 bridgehead atoms. The number of hydrogen-bond donors (Lipinski definition) is 0. The Balaban J connectivity index is 3.15. The molecule has 1 rings (SSSR count). The molecule has 0 N–H and O–H groups in total. The molecule has 68 valence electrons. The number of aromatic nitrogens is 1. The second-order valence-corrected chi connectivity index (χ2v) is 3.91. The molecule has 1 atom stereocenters. The Morgan fingerprint density at radius 3 is 2.85 bits per heavy atom. The molecule has 1 unspecified atom stereocenters. The summed E-state index contributed by atoms with van der Waals surface area (Å²) in [6, 6.07) is 3.77. The number of rotatable bonds is 2. The smallest absolute Gasteiger partial charge is 0.140 e. The van der Waals surface area contributed by atoms with Gasteiger partial charge in [0.05, 0.1) is 17.6 Å². The Hall–Kier alpha value is -1.08. The van der Waals surface area contributed by atoms with E-state index < -0.39 is 0 Å². The van der Waals surface area contributed by atoms with E-state index in [9.17, 15) is 0 Å². The lowest BCUT2D eigenvalue weighted by Crippen LogP contribution is -1.94. The van der Waals surface area contributed by atoms with E-state index in [-0.39, 0.29) is 4.83 Å². The van der Waals surface area contributed by atoms with Crippen LogP contribution in [0.3, 0.4) is 0 Å². The Labute approximate surface area is 85.5 Å². The highest BCUT2D eigenvalue weighted by molar-refractivity contribution is 9.09. The molecular weight excluding hydrogens is 232 g/mol. The summed E-state index contributed by atoms with van der Waals surface area (Å²) in [5, 5.41) is 8.70. The van der Waals surface area contributed by atoms with Crippen LogP contribution in [-0.4, -0.2) is 12.1 Å². The lowest BCUT2D eigenvalue weighted by molar-refractivity contribution is 0.412. The summed E-state index contributed by atoms with van der Waals surface area (Å²) >= 11 is 3.39. The molecule has 0 spiro atoms. The minimum absolute atomic E-state index is 0.161. The third kappa shape index (κ3) is 2.19. The fourth-order valence-electron chi connectivity index (χ4n) is 0.922. The van der Waals surface area contributed by atoms with Gasteiger partial charge in [-0.25, -0.2) is 0 Å². The molecule has 0 aliphatic rings. The number of pyridine rings is 1. The van der Waals surface area contributed by atoms with Crippen LogP contribution in [0.1, 0.15) is 23.0 Å². The normalized spacial score (nSPS) is 11.8. The molecule has 0 aliphatic carbocycles. The van der Waals surface area contributed by atoms with E-state index in [1.54, 1.807) is 13.2 Å². The maximum atomic E-state index is 8.70. The van der Waals surface area contributed by atoms with Crippen LogP contribution in [0.25, 0.3) is 0 Å². The van der Waals surface area contributed by atoms with Gasteiger partial charge < -0.3 is 4.74 Å². The van der Waals surface area contributed by atoms with E-state index >= 15 is 0 Å². The summed E-state index contributed by atoms with van der Waals surface area (Å²) in [5.74, 6) is 0.568. The van der Waals surface area contributed by atoms with Crippen molar-refractivity contribution >= 4 is 15.9 Å². The minimum Gasteiger partial charge on any atom is -0.495 e. The summed E-state index contributed by atoms with van der Waals surface area (Å²) in [7, 11) is 1.54. The average molecular weight is 241 g/mol. The molecular formula is C9H9BrN2O. The van der Waals surface area contributed by atoms with E-state index in [0.29, 0.717) is 11.3 Å². The van der Waals surface area contributed by atoms with Crippen molar-refractivity contribution in [2.75, 3.05) is 7.11 Å². The summed E-state index contributed by atoms with van der Waals surface area (Å²) in [5.41, 5.74) is 1.32. The van der Waals surface area contributed by atoms with E-state index in [2.05, 4.69) is 20.9 Å². The first kappa shape index (κ1) is 10.0. The zero-order valence-corrected chi connectivity index (χ0v) is 9.00. The van der Waals surface area contributed by atoms with Crippen molar-refractivity contribution < 1.29 is 4.74 Å².